The lowest BCUT2D eigenvalue weighted by atomic mass is 10.2. The Bertz CT molecular complexity index is 841. The first-order valence-electron chi connectivity index (χ1n) is 7.90. The van der Waals surface area contributed by atoms with Gasteiger partial charge in [-0.2, -0.15) is 0 Å². The molecule has 0 spiro atoms. The van der Waals surface area contributed by atoms with Gasteiger partial charge < -0.3 is 5.32 Å². The lowest BCUT2D eigenvalue weighted by molar-refractivity contribution is 0.0951. The number of rotatable bonds is 6. The van der Waals surface area contributed by atoms with Crippen molar-refractivity contribution in [1.82, 2.24) is 10.0 Å². The molecule has 1 saturated carbocycles. The Hall–Kier alpha value is -2.18. The fourth-order valence-electron chi connectivity index (χ4n) is 2.27. The van der Waals surface area contributed by atoms with E-state index >= 15 is 0 Å². The van der Waals surface area contributed by atoms with Crippen molar-refractivity contribution in [1.29, 1.82) is 0 Å². The van der Waals surface area contributed by atoms with Crippen LogP contribution in [0, 0.1) is 6.92 Å². The van der Waals surface area contributed by atoms with Crippen molar-refractivity contribution < 1.29 is 13.2 Å². The first-order valence-corrected chi connectivity index (χ1v) is 9.38. The predicted octanol–water partition coefficient (Wildman–Crippen LogP) is 2.37. The number of aryl methyl sites for hydroxylation is 1. The maximum atomic E-state index is 12.4. The second-order valence-electron chi connectivity index (χ2n) is 6.09. The van der Waals surface area contributed by atoms with Gasteiger partial charge in [0.15, 0.2) is 0 Å². The number of benzene rings is 2. The Morgan fingerprint density at radius 2 is 1.83 bits per heavy atom. The van der Waals surface area contributed by atoms with Gasteiger partial charge >= 0.3 is 0 Å². The number of carbonyl (C=O) groups is 1. The fraction of sp³-hybridized carbons (Fsp3) is 0.278. The van der Waals surface area contributed by atoms with E-state index in [0.29, 0.717) is 5.56 Å². The van der Waals surface area contributed by atoms with E-state index in [2.05, 4.69) is 10.0 Å². The van der Waals surface area contributed by atoms with Crippen molar-refractivity contribution in [3.8, 4) is 0 Å². The van der Waals surface area contributed by atoms with Crippen LogP contribution < -0.4 is 10.0 Å². The van der Waals surface area contributed by atoms with Crippen molar-refractivity contribution in [3.63, 3.8) is 0 Å². The zero-order valence-corrected chi connectivity index (χ0v) is 14.3. The number of hydrogen-bond donors (Lipinski definition) is 2. The first kappa shape index (κ1) is 16.7. The van der Waals surface area contributed by atoms with Crippen LogP contribution in [0.25, 0.3) is 0 Å². The topological polar surface area (TPSA) is 75.3 Å². The average Bonchev–Trinajstić information content (AvgIpc) is 3.38. The molecular formula is C18H20N2O3S. The van der Waals surface area contributed by atoms with Gasteiger partial charge in [-0.25, -0.2) is 13.1 Å². The van der Waals surface area contributed by atoms with Crippen molar-refractivity contribution in [2.24, 2.45) is 0 Å². The Morgan fingerprint density at radius 1 is 1.12 bits per heavy atom. The van der Waals surface area contributed by atoms with Gasteiger partial charge in [0.2, 0.25) is 10.0 Å². The van der Waals surface area contributed by atoms with Crippen LogP contribution in [0.3, 0.4) is 0 Å². The van der Waals surface area contributed by atoms with Gasteiger partial charge in [0.25, 0.3) is 5.91 Å². The van der Waals surface area contributed by atoms with E-state index in [1.165, 1.54) is 12.1 Å². The summed E-state index contributed by atoms with van der Waals surface area (Å²) in [4.78, 5) is 12.2. The molecule has 0 unspecified atom stereocenters. The molecule has 0 heterocycles. The summed E-state index contributed by atoms with van der Waals surface area (Å²) in [5.41, 5.74) is 2.36. The zero-order valence-electron chi connectivity index (χ0n) is 13.5. The van der Waals surface area contributed by atoms with Gasteiger partial charge in [0.05, 0.1) is 4.90 Å². The van der Waals surface area contributed by atoms with E-state index in [9.17, 15) is 13.2 Å². The Balaban J connectivity index is 1.71. The summed E-state index contributed by atoms with van der Waals surface area (Å²) in [6.07, 6.45) is 1.98. The van der Waals surface area contributed by atoms with Crippen LogP contribution >= 0.6 is 0 Å². The molecule has 3 rings (SSSR count). The van der Waals surface area contributed by atoms with Gasteiger partial charge in [-0.15, -0.1) is 0 Å². The molecule has 0 aliphatic heterocycles. The van der Waals surface area contributed by atoms with Crippen molar-refractivity contribution in [2.75, 3.05) is 0 Å². The van der Waals surface area contributed by atoms with E-state index in [-0.39, 0.29) is 23.4 Å². The minimum atomic E-state index is -3.67. The molecule has 2 aromatic rings. The van der Waals surface area contributed by atoms with Crippen LogP contribution in [0.4, 0.5) is 0 Å². The molecule has 2 N–H and O–H groups in total. The minimum absolute atomic E-state index is 0.0954. The van der Waals surface area contributed by atoms with Crippen LogP contribution in [0.1, 0.15) is 34.3 Å². The zero-order chi connectivity index (χ0) is 17.2. The highest BCUT2D eigenvalue weighted by Crippen LogP contribution is 2.20. The second kappa shape index (κ2) is 6.75. The molecule has 0 bridgehead atoms. The van der Waals surface area contributed by atoms with Crippen LogP contribution in [-0.2, 0) is 16.6 Å². The van der Waals surface area contributed by atoms with E-state index in [4.69, 9.17) is 0 Å². The van der Waals surface area contributed by atoms with Crippen LogP contribution in [-0.4, -0.2) is 20.4 Å². The molecule has 6 heteroatoms. The fourth-order valence-corrected chi connectivity index (χ4v) is 3.33. The monoisotopic (exact) mass is 344 g/mol. The Morgan fingerprint density at radius 3 is 2.50 bits per heavy atom. The van der Waals surface area contributed by atoms with Crippen LogP contribution in [0.2, 0.25) is 0 Å². The van der Waals surface area contributed by atoms with Gasteiger partial charge in [-0.1, -0.05) is 35.9 Å². The Labute approximate surface area is 142 Å². The highest BCUT2D eigenvalue weighted by molar-refractivity contribution is 7.89. The quantitative estimate of drug-likeness (QED) is 0.845. The van der Waals surface area contributed by atoms with Gasteiger partial charge in [-0.05, 0) is 43.5 Å². The molecule has 0 aromatic heterocycles. The summed E-state index contributed by atoms with van der Waals surface area (Å²) in [6.45, 7) is 2.19. The summed E-state index contributed by atoms with van der Waals surface area (Å²) < 4.78 is 27.4. The maximum absolute atomic E-state index is 12.4. The van der Waals surface area contributed by atoms with Gasteiger partial charge in [0.1, 0.15) is 0 Å². The first-order chi connectivity index (χ1) is 11.4. The second-order valence-corrected chi connectivity index (χ2v) is 7.85. The van der Waals surface area contributed by atoms with Crippen LogP contribution in [0.15, 0.2) is 53.4 Å². The van der Waals surface area contributed by atoms with E-state index in [1.807, 2.05) is 31.2 Å². The number of sulfonamides is 1. The smallest absolute Gasteiger partial charge is 0.251 e. The van der Waals surface area contributed by atoms with E-state index in [0.717, 1.165) is 24.0 Å². The van der Waals surface area contributed by atoms with E-state index < -0.39 is 10.0 Å². The average molecular weight is 344 g/mol. The standard InChI is InChI=1S/C18H20N2O3S/c1-13-5-7-14(8-6-13)12-19-24(22,23)17-4-2-3-15(11-17)18(21)20-16-9-10-16/h2-8,11,16,19H,9-10,12H2,1H3,(H,20,21). The lowest BCUT2D eigenvalue weighted by Crippen LogP contribution is -2.26. The van der Waals surface area contributed by atoms with Crippen LogP contribution in [0.5, 0.6) is 0 Å². The molecule has 1 aliphatic carbocycles. The summed E-state index contributed by atoms with van der Waals surface area (Å²) in [5, 5.41) is 2.86. The number of hydrogen-bond acceptors (Lipinski definition) is 3. The molecule has 24 heavy (non-hydrogen) atoms. The molecule has 1 amide bonds. The highest BCUT2D eigenvalue weighted by atomic mass is 32.2. The van der Waals surface area contributed by atoms with E-state index in [1.54, 1.807) is 12.1 Å². The molecule has 126 valence electrons. The largest absolute Gasteiger partial charge is 0.349 e. The van der Waals surface area contributed by atoms with Crippen molar-refractivity contribution in [3.05, 3.63) is 65.2 Å². The minimum Gasteiger partial charge on any atom is -0.349 e. The third-order valence-corrected chi connectivity index (χ3v) is 5.30. The number of amides is 1. The SMILES string of the molecule is Cc1ccc(CNS(=O)(=O)c2cccc(C(=O)NC3CC3)c2)cc1. The third-order valence-electron chi connectivity index (χ3n) is 3.91. The van der Waals surface area contributed by atoms with Crippen molar-refractivity contribution >= 4 is 15.9 Å². The molecule has 0 radical (unpaired) electrons. The molecule has 0 saturated heterocycles. The predicted molar refractivity (Wildman–Crippen MR) is 92.1 cm³/mol. The molecule has 2 aromatic carbocycles. The van der Waals surface area contributed by atoms with Gasteiger partial charge in [0, 0.05) is 18.2 Å². The maximum Gasteiger partial charge on any atom is 0.251 e. The van der Waals surface area contributed by atoms with Crippen molar-refractivity contribution in [2.45, 2.75) is 37.2 Å². The summed E-state index contributed by atoms with van der Waals surface area (Å²) in [7, 11) is -3.67. The molecule has 1 fully saturated rings. The summed E-state index contributed by atoms with van der Waals surface area (Å²) in [6, 6.07) is 14.0. The molecular weight excluding hydrogens is 324 g/mol. The molecule has 5 nitrogen and oxygen atoms in total. The number of carbonyl (C=O) groups excluding carboxylic acids is 1. The van der Waals surface area contributed by atoms with Gasteiger partial charge in [-0.3, -0.25) is 4.79 Å². The lowest BCUT2D eigenvalue weighted by Gasteiger charge is -2.09. The highest BCUT2D eigenvalue weighted by Gasteiger charge is 2.24. The Kier molecular flexibility index (Phi) is 4.69. The summed E-state index contributed by atoms with van der Waals surface area (Å²) >= 11 is 0. The molecule has 0 atom stereocenters. The normalized spacial score (nSPS) is 14.4. The molecule has 1 aliphatic rings. The third kappa shape index (κ3) is 4.21. The number of nitrogens with one attached hydrogen (secondary N) is 2. The summed E-state index contributed by atoms with van der Waals surface area (Å²) in [5.74, 6) is -0.229.